The second kappa shape index (κ2) is 9.90. The highest BCUT2D eigenvalue weighted by Gasteiger charge is 2.31. The summed E-state index contributed by atoms with van der Waals surface area (Å²) in [6, 6.07) is 8.87. The Morgan fingerprint density at radius 3 is 2.59 bits per heavy atom. The van der Waals surface area contributed by atoms with Gasteiger partial charge in [0.15, 0.2) is 0 Å². The van der Waals surface area contributed by atoms with Gasteiger partial charge in [-0.05, 0) is 55.7 Å². The van der Waals surface area contributed by atoms with Crippen LogP contribution in [-0.4, -0.2) is 36.3 Å². The van der Waals surface area contributed by atoms with Gasteiger partial charge in [0.25, 0.3) is 0 Å². The van der Waals surface area contributed by atoms with Crippen molar-refractivity contribution in [2.75, 3.05) is 23.8 Å². The van der Waals surface area contributed by atoms with Gasteiger partial charge in [0.2, 0.25) is 5.91 Å². The van der Waals surface area contributed by atoms with Crippen LogP contribution in [0.25, 0.3) is 0 Å². The molecule has 172 valence electrons. The molecule has 32 heavy (non-hydrogen) atoms. The maximum Gasteiger partial charge on any atom is 0.416 e. The number of rotatable bonds is 8. The molecule has 7 nitrogen and oxygen atoms in total. The van der Waals surface area contributed by atoms with E-state index >= 15 is 0 Å². The molecule has 0 saturated heterocycles. The van der Waals surface area contributed by atoms with Gasteiger partial charge in [-0.25, -0.2) is 4.79 Å². The quantitative estimate of drug-likeness (QED) is 0.489. The summed E-state index contributed by atoms with van der Waals surface area (Å²) in [6.07, 6.45) is -3.87. The van der Waals surface area contributed by atoms with Gasteiger partial charge >= 0.3 is 12.2 Å². The Labute approximate surface area is 183 Å². The first kappa shape index (κ1) is 23.4. The molecule has 0 radical (unpaired) electrons. The number of halogens is 3. The zero-order valence-electron chi connectivity index (χ0n) is 17.3. The maximum absolute atomic E-state index is 12.7. The molecule has 0 spiro atoms. The summed E-state index contributed by atoms with van der Waals surface area (Å²) in [5.41, 5.74) is 0.981. The Balaban J connectivity index is 1.46. The van der Waals surface area contributed by atoms with Crippen molar-refractivity contribution in [3.8, 4) is 5.75 Å². The van der Waals surface area contributed by atoms with Crippen molar-refractivity contribution in [2.24, 2.45) is 5.92 Å². The number of hydrogen-bond acceptors (Lipinski definition) is 4. The molecule has 0 heterocycles. The monoisotopic (exact) mass is 451 g/mol. The van der Waals surface area contributed by atoms with Gasteiger partial charge in [-0.2, -0.15) is 13.2 Å². The third-order valence-corrected chi connectivity index (χ3v) is 4.80. The van der Waals surface area contributed by atoms with Gasteiger partial charge in [0.1, 0.15) is 18.5 Å². The van der Waals surface area contributed by atoms with Crippen molar-refractivity contribution in [1.29, 1.82) is 0 Å². The number of urea groups is 1. The summed E-state index contributed by atoms with van der Waals surface area (Å²) < 4.78 is 43.4. The molecule has 4 N–H and O–H groups in total. The minimum Gasteiger partial charge on any atom is -0.491 e. The number of hydrogen-bond donors (Lipinski definition) is 4. The Kier molecular flexibility index (Phi) is 7.24. The smallest absolute Gasteiger partial charge is 0.416 e. The van der Waals surface area contributed by atoms with Crippen molar-refractivity contribution >= 4 is 23.3 Å². The van der Waals surface area contributed by atoms with Crippen LogP contribution < -0.4 is 20.7 Å². The van der Waals surface area contributed by atoms with Gasteiger partial charge in [-0.3, -0.25) is 4.79 Å². The van der Waals surface area contributed by atoms with Crippen molar-refractivity contribution in [3.05, 3.63) is 53.6 Å². The zero-order valence-corrected chi connectivity index (χ0v) is 17.3. The molecule has 2 aromatic carbocycles. The summed E-state index contributed by atoms with van der Waals surface area (Å²) in [6.45, 7) is 1.31. The van der Waals surface area contributed by atoms with Crippen molar-refractivity contribution in [1.82, 2.24) is 5.32 Å². The van der Waals surface area contributed by atoms with Crippen LogP contribution in [0.1, 0.15) is 24.0 Å². The SMILES string of the molecule is Cc1ccc(NC(=O)C2CC2)cc1NC(=O)NC[C@@H](O)COc1cccc(C(F)(F)F)c1. The average Bonchev–Trinajstić information content (AvgIpc) is 3.58. The maximum atomic E-state index is 12.7. The van der Waals surface area contributed by atoms with Gasteiger partial charge < -0.3 is 25.8 Å². The van der Waals surface area contributed by atoms with Crippen LogP contribution in [0.4, 0.5) is 29.3 Å². The number of carbonyl (C=O) groups is 2. The van der Waals surface area contributed by atoms with Crippen LogP contribution in [0.15, 0.2) is 42.5 Å². The van der Waals surface area contributed by atoms with E-state index in [1.165, 1.54) is 12.1 Å². The first-order valence-electron chi connectivity index (χ1n) is 10.1. The van der Waals surface area contributed by atoms with Crippen LogP contribution in [0.5, 0.6) is 5.75 Å². The number of benzene rings is 2. The molecule has 0 unspecified atom stereocenters. The van der Waals surface area contributed by atoms with Gasteiger partial charge in [-0.15, -0.1) is 0 Å². The van der Waals surface area contributed by atoms with E-state index in [0.29, 0.717) is 11.4 Å². The standard InChI is InChI=1S/C22H24F3N3O4/c1-13-5-8-16(27-20(30)14-6-7-14)10-19(13)28-21(31)26-11-17(29)12-32-18-4-2-3-15(9-18)22(23,24)25/h2-5,8-10,14,17,29H,6-7,11-12H2,1H3,(H,27,30)(H2,26,28,31)/t17-/m1/s1. The average molecular weight is 451 g/mol. The molecular formula is C22H24F3N3O4. The molecule has 3 amide bonds. The molecule has 1 atom stereocenters. The number of aryl methyl sites for hydroxylation is 1. The Morgan fingerprint density at radius 2 is 1.91 bits per heavy atom. The lowest BCUT2D eigenvalue weighted by atomic mass is 10.1. The summed E-state index contributed by atoms with van der Waals surface area (Å²) in [5.74, 6) is -0.0344. The minimum absolute atomic E-state index is 0.0380. The van der Waals surface area contributed by atoms with E-state index < -0.39 is 23.9 Å². The largest absolute Gasteiger partial charge is 0.491 e. The van der Waals surface area contributed by atoms with Gasteiger partial charge in [-0.1, -0.05) is 12.1 Å². The fourth-order valence-electron chi connectivity index (χ4n) is 2.81. The van der Waals surface area contributed by atoms with Gasteiger partial charge in [0, 0.05) is 23.8 Å². The van der Waals surface area contributed by atoms with Crippen molar-refractivity contribution in [3.63, 3.8) is 0 Å². The lowest BCUT2D eigenvalue weighted by Crippen LogP contribution is -2.37. The van der Waals surface area contributed by atoms with Crippen LogP contribution in [0.3, 0.4) is 0 Å². The second-order valence-corrected chi connectivity index (χ2v) is 7.62. The highest BCUT2D eigenvalue weighted by atomic mass is 19.4. The van der Waals surface area contributed by atoms with E-state index in [9.17, 15) is 27.9 Å². The first-order valence-corrected chi connectivity index (χ1v) is 10.1. The molecule has 0 aliphatic heterocycles. The molecule has 2 aromatic rings. The zero-order chi connectivity index (χ0) is 23.3. The number of amides is 3. The van der Waals surface area contributed by atoms with Crippen molar-refractivity contribution in [2.45, 2.75) is 32.0 Å². The third kappa shape index (κ3) is 6.88. The lowest BCUT2D eigenvalue weighted by Gasteiger charge is -2.16. The van der Waals surface area contributed by atoms with Crippen molar-refractivity contribution < 1.29 is 32.6 Å². The molecule has 0 bridgehead atoms. The number of alkyl halides is 3. The molecule has 1 aliphatic carbocycles. The Hall–Kier alpha value is -3.27. The van der Waals surface area contributed by atoms with E-state index in [1.54, 1.807) is 25.1 Å². The fraction of sp³-hybridized carbons (Fsp3) is 0.364. The van der Waals surface area contributed by atoms with E-state index in [-0.39, 0.29) is 30.7 Å². The van der Waals surface area contributed by atoms with Crippen LogP contribution in [0, 0.1) is 12.8 Å². The summed E-state index contributed by atoms with van der Waals surface area (Å²) in [5, 5.41) is 17.9. The Bertz CT molecular complexity index is 977. The minimum atomic E-state index is -4.49. The molecule has 1 fully saturated rings. The molecule has 0 aromatic heterocycles. The second-order valence-electron chi connectivity index (χ2n) is 7.62. The highest BCUT2D eigenvalue weighted by Crippen LogP contribution is 2.32. The summed E-state index contributed by atoms with van der Waals surface area (Å²) in [4.78, 5) is 24.1. The number of carbonyl (C=O) groups excluding carboxylic acids is 2. The summed E-state index contributed by atoms with van der Waals surface area (Å²) in [7, 11) is 0. The predicted octanol–water partition coefficient (Wildman–Crippen LogP) is 3.92. The normalized spacial score (nSPS) is 14.4. The molecule has 1 saturated carbocycles. The van der Waals surface area contributed by atoms with E-state index in [0.717, 1.165) is 30.5 Å². The number of nitrogens with one attached hydrogen (secondary N) is 3. The molecular weight excluding hydrogens is 427 g/mol. The fourth-order valence-corrected chi connectivity index (χ4v) is 2.81. The number of ether oxygens (including phenoxy) is 1. The highest BCUT2D eigenvalue weighted by molar-refractivity contribution is 5.96. The number of anilines is 2. The predicted molar refractivity (Wildman–Crippen MR) is 112 cm³/mol. The van der Waals surface area contributed by atoms with E-state index in [1.807, 2.05) is 0 Å². The van der Waals surface area contributed by atoms with Crippen LogP contribution in [-0.2, 0) is 11.0 Å². The number of aliphatic hydroxyl groups excluding tert-OH is 1. The molecule has 10 heteroatoms. The molecule has 3 rings (SSSR count). The van der Waals surface area contributed by atoms with Crippen LogP contribution >= 0.6 is 0 Å². The number of aliphatic hydroxyl groups is 1. The third-order valence-electron chi connectivity index (χ3n) is 4.80. The van der Waals surface area contributed by atoms with E-state index in [4.69, 9.17) is 4.74 Å². The summed E-state index contributed by atoms with van der Waals surface area (Å²) >= 11 is 0. The topological polar surface area (TPSA) is 99.7 Å². The Morgan fingerprint density at radius 1 is 1.16 bits per heavy atom. The first-order chi connectivity index (χ1) is 15.1. The van der Waals surface area contributed by atoms with Gasteiger partial charge in [0.05, 0.1) is 5.56 Å². The van der Waals surface area contributed by atoms with Crippen LogP contribution in [0.2, 0.25) is 0 Å². The van der Waals surface area contributed by atoms with E-state index in [2.05, 4.69) is 16.0 Å². The molecule has 1 aliphatic rings. The lowest BCUT2D eigenvalue weighted by molar-refractivity contribution is -0.137.